The number of piperidine rings is 1. The Hall–Kier alpha value is -1.83. The van der Waals surface area contributed by atoms with Gasteiger partial charge < -0.3 is 15.5 Å². The zero-order valence-electron chi connectivity index (χ0n) is 16.7. The van der Waals surface area contributed by atoms with Crippen LogP contribution in [0.3, 0.4) is 0 Å². The molecule has 2 aliphatic rings. The largest absolute Gasteiger partial charge is 0.369 e. The van der Waals surface area contributed by atoms with Crippen molar-refractivity contribution in [2.75, 3.05) is 37.3 Å². The molecule has 7 heteroatoms. The lowest BCUT2D eigenvalue weighted by Gasteiger charge is -2.35. The zero-order valence-corrected chi connectivity index (χ0v) is 18.3. The number of hydrogen-bond donors (Lipinski definition) is 1. The predicted octanol–water partition coefficient (Wildman–Crippen LogP) is 3.61. The first-order valence-corrected chi connectivity index (χ1v) is 12.4. The molecule has 1 unspecified atom stereocenters. The molecule has 2 aromatic carbocycles. The van der Waals surface area contributed by atoms with Crippen LogP contribution in [-0.2, 0) is 15.6 Å². The summed E-state index contributed by atoms with van der Waals surface area (Å²) in [6.07, 6.45) is 4.49. The number of anilines is 2. The van der Waals surface area contributed by atoms with Crippen molar-refractivity contribution in [1.29, 1.82) is 0 Å². The maximum Gasteiger partial charge on any atom is 0.220 e. The molecule has 0 saturated carbocycles. The summed E-state index contributed by atoms with van der Waals surface area (Å²) < 4.78 is 12.0. The van der Waals surface area contributed by atoms with Gasteiger partial charge >= 0.3 is 0 Å². The van der Waals surface area contributed by atoms with Crippen LogP contribution in [0.1, 0.15) is 19.3 Å². The number of amides is 1. The summed E-state index contributed by atoms with van der Waals surface area (Å²) in [7, 11) is -0.999. The number of carbonyl (C=O) groups is 1. The molecule has 2 aliphatic heterocycles. The van der Waals surface area contributed by atoms with Gasteiger partial charge in [0, 0.05) is 44.2 Å². The molecule has 0 aliphatic carbocycles. The molecule has 1 saturated heterocycles. The Labute approximate surface area is 179 Å². The fraction of sp³-hybridized carbons (Fsp3) is 0.409. The van der Waals surface area contributed by atoms with E-state index in [4.69, 9.17) is 5.73 Å². The van der Waals surface area contributed by atoms with E-state index < -0.39 is 10.8 Å². The summed E-state index contributed by atoms with van der Waals surface area (Å²) in [5.74, 6) is -0.120. The smallest absolute Gasteiger partial charge is 0.220 e. The number of fused-ring (bicyclic) bond motifs is 2. The van der Waals surface area contributed by atoms with Crippen LogP contribution in [-0.4, -0.2) is 47.5 Å². The van der Waals surface area contributed by atoms with E-state index in [1.807, 2.05) is 6.07 Å². The predicted molar refractivity (Wildman–Crippen MR) is 119 cm³/mol. The molecular weight excluding hydrogens is 402 g/mol. The van der Waals surface area contributed by atoms with Gasteiger partial charge in [-0.05, 0) is 69.2 Å². The Kier molecular flexibility index (Phi) is 6.27. The van der Waals surface area contributed by atoms with E-state index in [0.29, 0.717) is 0 Å². The molecule has 29 heavy (non-hydrogen) atoms. The van der Waals surface area contributed by atoms with Crippen LogP contribution in [0.5, 0.6) is 0 Å². The summed E-state index contributed by atoms with van der Waals surface area (Å²) in [4.78, 5) is 19.5. The van der Waals surface area contributed by atoms with E-state index in [-0.39, 0.29) is 11.8 Å². The normalized spacial score (nSPS) is 18.2. The molecule has 1 amide bonds. The minimum atomic E-state index is -0.999. The van der Waals surface area contributed by atoms with Gasteiger partial charge in [-0.25, -0.2) is 0 Å². The maximum absolute atomic E-state index is 12.0. The van der Waals surface area contributed by atoms with Crippen molar-refractivity contribution in [3.8, 4) is 0 Å². The highest BCUT2D eigenvalue weighted by Gasteiger charge is 2.25. The van der Waals surface area contributed by atoms with Crippen molar-refractivity contribution in [1.82, 2.24) is 4.90 Å². The van der Waals surface area contributed by atoms with Gasteiger partial charge in [0.25, 0.3) is 0 Å². The van der Waals surface area contributed by atoms with Crippen LogP contribution in [0, 0.1) is 5.92 Å². The lowest BCUT2D eigenvalue weighted by atomic mass is 9.96. The molecule has 0 bridgehead atoms. The first kappa shape index (κ1) is 20.4. The summed E-state index contributed by atoms with van der Waals surface area (Å²) in [6.45, 7) is 3.79. The summed E-state index contributed by atoms with van der Waals surface area (Å²) in [6, 6.07) is 14.6. The van der Waals surface area contributed by atoms with Gasteiger partial charge in [0.15, 0.2) is 0 Å². The van der Waals surface area contributed by atoms with E-state index in [0.717, 1.165) is 56.0 Å². The number of rotatable bonds is 6. The van der Waals surface area contributed by atoms with Gasteiger partial charge in [0.05, 0.1) is 11.4 Å². The van der Waals surface area contributed by atoms with Gasteiger partial charge in [-0.1, -0.05) is 23.9 Å². The summed E-state index contributed by atoms with van der Waals surface area (Å²) in [5, 5.41) is 0. The zero-order chi connectivity index (χ0) is 20.4. The second kappa shape index (κ2) is 8.90. The third-order valence-electron chi connectivity index (χ3n) is 5.78. The van der Waals surface area contributed by atoms with Crippen LogP contribution < -0.4 is 10.6 Å². The number of carbonyl (C=O) groups excluding carboxylic acids is 1. The highest BCUT2D eigenvalue weighted by molar-refractivity contribution is 7.99. The van der Waals surface area contributed by atoms with Crippen molar-refractivity contribution < 1.29 is 9.00 Å². The Balaban J connectivity index is 1.47. The van der Waals surface area contributed by atoms with E-state index in [2.05, 4.69) is 46.2 Å². The minimum absolute atomic E-state index is 0.0393. The fourth-order valence-electron chi connectivity index (χ4n) is 4.12. The number of nitrogens with two attached hydrogens (primary N) is 1. The van der Waals surface area contributed by atoms with Gasteiger partial charge in [0.1, 0.15) is 0 Å². The number of likely N-dealkylation sites (tertiary alicyclic amines) is 1. The highest BCUT2D eigenvalue weighted by atomic mass is 32.2. The molecule has 1 atom stereocenters. The second-order valence-corrected chi connectivity index (χ2v) is 10.1. The van der Waals surface area contributed by atoms with Gasteiger partial charge in [-0.3, -0.25) is 9.00 Å². The van der Waals surface area contributed by atoms with Crippen LogP contribution in [0.25, 0.3) is 0 Å². The molecule has 4 rings (SSSR count). The van der Waals surface area contributed by atoms with Crippen molar-refractivity contribution in [3.05, 3.63) is 42.5 Å². The first-order chi connectivity index (χ1) is 14.0. The van der Waals surface area contributed by atoms with Crippen molar-refractivity contribution in [2.24, 2.45) is 11.7 Å². The first-order valence-electron chi connectivity index (χ1n) is 10.1. The van der Waals surface area contributed by atoms with E-state index >= 15 is 0 Å². The Morgan fingerprint density at radius 2 is 1.83 bits per heavy atom. The van der Waals surface area contributed by atoms with Crippen LogP contribution in [0.4, 0.5) is 11.4 Å². The average molecular weight is 430 g/mol. The van der Waals surface area contributed by atoms with E-state index in [1.165, 1.54) is 15.5 Å². The number of benzene rings is 2. The minimum Gasteiger partial charge on any atom is -0.369 e. The van der Waals surface area contributed by atoms with Gasteiger partial charge in [0.2, 0.25) is 5.91 Å². The average Bonchev–Trinajstić information content (AvgIpc) is 2.73. The maximum atomic E-state index is 12.0. The van der Waals surface area contributed by atoms with Crippen molar-refractivity contribution in [3.63, 3.8) is 0 Å². The molecule has 2 aromatic rings. The fourth-order valence-corrected chi connectivity index (χ4v) is 5.74. The number of hydrogen-bond acceptors (Lipinski definition) is 5. The molecule has 154 valence electrons. The number of nitrogens with zero attached hydrogens (tertiary/aromatic N) is 2. The third kappa shape index (κ3) is 4.52. The van der Waals surface area contributed by atoms with E-state index in [9.17, 15) is 9.00 Å². The lowest BCUT2D eigenvalue weighted by Crippen LogP contribution is -2.39. The molecule has 0 spiro atoms. The highest BCUT2D eigenvalue weighted by Crippen LogP contribution is 2.48. The SMILES string of the molecule is CS(=O)c1ccc2c(c1)N(CCCN1CCC(C(N)=O)CC1)c1ccccc1S2. The molecule has 2 heterocycles. The molecule has 1 fully saturated rings. The van der Waals surface area contributed by atoms with Crippen LogP contribution >= 0.6 is 11.8 Å². The van der Waals surface area contributed by atoms with Crippen molar-refractivity contribution in [2.45, 2.75) is 33.9 Å². The standard InChI is InChI=1S/C22H27N3O2S2/c1-29(27)17-7-8-21-19(15-17)25(18-5-2-3-6-20(18)28-21)12-4-11-24-13-9-16(10-14-24)22(23)26/h2-3,5-8,15-16H,4,9-14H2,1H3,(H2,23,26). The molecule has 2 N–H and O–H groups in total. The molecule has 5 nitrogen and oxygen atoms in total. The quantitative estimate of drug-likeness (QED) is 0.760. The summed E-state index contributed by atoms with van der Waals surface area (Å²) in [5.41, 5.74) is 7.81. The number of primary amides is 1. The monoisotopic (exact) mass is 429 g/mol. The molecular formula is C22H27N3O2S2. The lowest BCUT2D eigenvalue weighted by molar-refractivity contribution is -0.123. The third-order valence-corrected chi connectivity index (χ3v) is 7.82. The second-order valence-electron chi connectivity index (χ2n) is 7.68. The summed E-state index contributed by atoms with van der Waals surface area (Å²) >= 11 is 1.78. The van der Waals surface area contributed by atoms with Crippen molar-refractivity contribution >= 4 is 39.8 Å². The number of para-hydroxylation sites is 1. The van der Waals surface area contributed by atoms with E-state index in [1.54, 1.807) is 18.0 Å². The van der Waals surface area contributed by atoms with Crippen LogP contribution in [0.15, 0.2) is 57.2 Å². The Morgan fingerprint density at radius 1 is 1.10 bits per heavy atom. The Bertz CT molecular complexity index is 926. The molecule has 0 radical (unpaired) electrons. The van der Waals surface area contributed by atoms with Crippen LogP contribution in [0.2, 0.25) is 0 Å². The van der Waals surface area contributed by atoms with Gasteiger partial charge in [-0.2, -0.15) is 0 Å². The van der Waals surface area contributed by atoms with Gasteiger partial charge in [-0.15, -0.1) is 0 Å². The molecule has 0 aromatic heterocycles. The Morgan fingerprint density at radius 3 is 2.55 bits per heavy atom. The topological polar surface area (TPSA) is 66.6 Å².